The normalized spacial score (nSPS) is 14.4. The van der Waals surface area contributed by atoms with Gasteiger partial charge in [-0.25, -0.2) is 18.0 Å². The van der Waals surface area contributed by atoms with Crippen LogP contribution in [0.25, 0.3) is 0 Å². The van der Waals surface area contributed by atoms with Gasteiger partial charge < -0.3 is 25.4 Å². The summed E-state index contributed by atoms with van der Waals surface area (Å²) < 4.78 is 28.5. The van der Waals surface area contributed by atoms with Gasteiger partial charge in [0.2, 0.25) is 0 Å². The number of hydrogen-bond donors (Lipinski definition) is 4. The van der Waals surface area contributed by atoms with Gasteiger partial charge in [-0.1, -0.05) is 0 Å². The van der Waals surface area contributed by atoms with Crippen molar-refractivity contribution in [2.45, 2.75) is 51.2 Å². The standard InChI is InChI=1S/C14H25NO9S/c1-13(2,3)24-12(21)15-14(11(19)20,5-4-10(17)18)6-8-25(22,23)9-7-16/h16H,4-9H2,1-3H3,(H,15,21)(H,17,18)(H,19,20)/t14-/m0/s1. The van der Waals surface area contributed by atoms with E-state index < -0.39 is 76.4 Å². The van der Waals surface area contributed by atoms with E-state index in [1.54, 1.807) is 20.8 Å². The van der Waals surface area contributed by atoms with Crippen LogP contribution in [-0.4, -0.2) is 71.0 Å². The maximum atomic E-state index is 11.9. The first-order valence-corrected chi connectivity index (χ1v) is 9.33. The molecule has 0 heterocycles. The van der Waals surface area contributed by atoms with E-state index in [0.717, 1.165) is 0 Å². The molecule has 0 aromatic heterocycles. The molecule has 1 amide bonds. The fraction of sp³-hybridized carbons (Fsp3) is 0.786. The highest BCUT2D eigenvalue weighted by molar-refractivity contribution is 7.91. The van der Waals surface area contributed by atoms with Crippen LogP contribution in [0.5, 0.6) is 0 Å². The van der Waals surface area contributed by atoms with Crippen molar-refractivity contribution in [1.82, 2.24) is 5.32 Å². The Morgan fingerprint density at radius 2 is 1.60 bits per heavy atom. The zero-order valence-corrected chi connectivity index (χ0v) is 15.3. The first kappa shape index (κ1) is 23.1. The van der Waals surface area contributed by atoms with Gasteiger partial charge in [0, 0.05) is 6.42 Å². The highest BCUT2D eigenvalue weighted by Crippen LogP contribution is 2.21. The second kappa shape index (κ2) is 8.99. The van der Waals surface area contributed by atoms with Crippen LogP contribution >= 0.6 is 0 Å². The van der Waals surface area contributed by atoms with Crippen molar-refractivity contribution in [3.05, 3.63) is 0 Å². The molecule has 0 aliphatic rings. The molecule has 0 bridgehead atoms. The molecule has 0 aliphatic heterocycles. The van der Waals surface area contributed by atoms with Gasteiger partial charge >= 0.3 is 18.0 Å². The van der Waals surface area contributed by atoms with Gasteiger partial charge in [0.1, 0.15) is 11.1 Å². The first-order chi connectivity index (χ1) is 11.2. The average molecular weight is 383 g/mol. The molecule has 0 fully saturated rings. The van der Waals surface area contributed by atoms with Crippen molar-refractivity contribution in [3.8, 4) is 0 Å². The summed E-state index contributed by atoms with van der Waals surface area (Å²) >= 11 is 0. The lowest BCUT2D eigenvalue weighted by atomic mass is 9.90. The van der Waals surface area contributed by atoms with Gasteiger partial charge in [0.15, 0.2) is 9.84 Å². The molecule has 1 atom stereocenters. The lowest BCUT2D eigenvalue weighted by molar-refractivity contribution is -0.146. The van der Waals surface area contributed by atoms with Crippen molar-refractivity contribution in [1.29, 1.82) is 0 Å². The molecule has 0 saturated heterocycles. The maximum absolute atomic E-state index is 11.9. The SMILES string of the molecule is CC(C)(C)OC(=O)N[C@@](CCC(=O)O)(CCS(=O)(=O)CCO)C(=O)O. The van der Waals surface area contributed by atoms with Gasteiger partial charge in [0.05, 0.1) is 18.1 Å². The van der Waals surface area contributed by atoms with Gasteiger partial charge in [-0.05, 0) is 33.6 Å². The van der Waals surface area contributed by atoms with Crippen LogP contribution in [-0.2, 0) is 24.2 Å². The number of aliphatic hydroxyl groups excluding tert-OH is 1. The Kier molecular flexibility index (Phi) is 8.32. The van der Waals surface area contributed by atoms with Crippen LogP contribution in [0.3, 0.4) is 0 Å². The lowest BCUT2D eigenvalue weighted by Gasteiger charge is -2.31. The third kappa shape index (κ3) is 9.25. The number of carbonyl (C=O) groups is 3. The van der Waals surface area contributed by atoms with Crippen molar-refractivity contribution in [2.75, 3.05) is 18.1 Å². The molecule has 0 aliphatic carbocycles. The number of carboxylic acid groups (broad SMARTS) is 2. The summed E-state index contributed by atoms with van der Waals surface area (Å²) in [6.45, 7) is 4.03. The predicted molar refractivity (Wildman–Crippen MR) is 87.0 cm³/mol. The Morgan fingerprint density at radius 3 is 2.00 bits per heavy atom. The average Bonchev–Trinajstić information content (AvgIpc) is 2.39. The van der Waals surface area contributed by atoms with E-state index in [-0.39, 0.29) is 0 Å². The maximum Gasteiger partial charge on any atom is 0.408 e. The molecular weight excluding hydrogens is 358 g/mol. The summed E-state index contributed by atoms with van der Waals surface area (Å²) in [4.78, 5) is 34.4. The van der Waals surface area contributed by atoms with Crippen molar-refractivity contribution in [3.63, 3.8) is 0 Å². The van der Waals surface area contributed by atoms with Crippen LogP contribution in [0.2, 0.25) is 0 Å². The van der Waals surface area contributed by atoms with E-state index in [2.05, 4.69) is 5.32 Å². The molecule has 0 aromatic rings. The lowest BCUT2D eigenvalue weighted by Crippen LogP contribution is -2.56. The largest absolute Gasteiger partial charge is 0.481 e. The van der Waals surface area contributed by atoms with E-state index in [1.807, 2.05) is 0 Å². The third-order valence-electron chi connectivity index (χ3n) is 3.16. The van der Waals surface area contributed by atoms with Gasteiger partial charge in [-0.15, -0.1) is 0 Å². The van der Waals surface area contributed by atoms with Crippen molar-refractivity contribution in [2.24, 2.45) is 0 Å². The summed E-state index contributed by atoms with van der Waals surface area (Å²) in [5, 5.41) is 29.1. The van der Waals surface area contributed by atoms with Crippen LogP contribution in [0, 0.1) is 0 Å². The molecular formula is C14H25NO9S. The number of ether oxygens (including phenoxy) is 1. The number of rotatable bonds is 10. The summed E-state index contributed by atoms with van der Waals surface area (Å²) in [5.74, 6) is -4.07. The van der Waals surface area contributed by atoms with Crippen LogP contribution in [0.15, 0.2) is 0 Å². The smallest absolute Gasteiger partial charge is 0.408 e. The van der Waals surface area contributed by atoms with E-state index in [9.17, 15) is 27.9 Å². The molecule has 4 N–H and O–H groups in total. The molecule has 0 unspecified atom stereocenters. The molecule has 11 heteroatoms. The molecule has 0 saturated carbocycles. The van der Waals surface area contributed by atoms with Crippen LogP contribution in [0.4, 0.5) is 4.79 Å². The number of amides is 1. The summed E-state index contributed by atoms with van der Waals surface area (Å²) in [6, 6.07) is 0. The monoisotopic (exact) mass is 383 g/mol. The molecule has 146 valence electrons. The van der Waals surface area contributed by atoms with Gasteiger partial charge in [-0.3, -0.25) is 4.79 Å². The van der Waals surface area contributed by atoms with Crippen molar-refractivity contribution < 1.29 is 42.9 Å². The highest BCUT2D eigenvalue weighted by atomic mass is 32.2. The summed E-state index contributed by atoms with van der Waals surface area (Å²) in [7, 11) is -3.76. The Hall–Kier alpha value is -1.88. The third-order valence-corrected chi connectivity index (χ3v) is 4.79. The number of hydrogen-bond acceptors (Lipinski definition) is 7. The molecule has 0 aromatic carbocycles. The van der Waals surface area contributed by atoms with Gasteiger partial charge in [-0.2, -0.15) is 0 Å². The molecule has 25 heavy (non-hydrogen) atoms. The quantitative estimate of drug-likeness (QED) is 0.406. The molecule has 0 radical (unpaired) electrons. The fourth-order valence-corrected chi connectivity index (χ4v) is 3.05. The van der Waals surface area contributed by atoms with Gasteiger partial charge in [0.25, 0.3) is 0 Å². The van der Waals surface area contributed by atoms with Crippen molar-refractivity contribution >= 4 is 27.9 Å². The minimum atomic E-state index is -3.76. The second-order valence-electron chi connectivity index (χ2n) is 6.53. The van der Waals surface area contributed by atoms with Crippen LogP contribution in [0.1, 0.15) is 40.0 Å². The number of nitrogens with one attached hydrogen (secondary N) is 1. The Morgan fingerprint density at radius 1 is 1.04 bits per heavy atom. The molecule has 0 spiro atoms. The minimum absolute atomic E-state index is 0.522. The fourth-order valence-electron chi connectivity index (χ4n) is 1.91. The Labute approximate surface area is 146 Å². The van der Waals surface area contributed by atoms with E-state index in [0.29, 0.717) is 0 Å². The summed E-state index contributed by atoms with van der Waals surface area (Å²) in [6.07, 6.45) is -2.77. The number of aliphatic carboxylic acids is 2. The second-order valence-corrected chi connectivity index (χ2v) is 8.84. The first-order valence-electron chi connectivity index (χ1n) is 7.51. The minimum Gasteiger partial charge on any atom is -0.481 e. The number of sulfone groups is 1. The number of carbonyl (C=O) groups excluding carboxylic acids is 1. The Bertz CT molecular complexity index is 594. The summed E-state index contributed by atoms with van der Waals surface area (Å²) in [5.41, 5.74) is -3.05. The van der Waals surface area contributed by atoms with Crippen LogP contribution < -0.4 is 5.32 Å². The van der Waals surface area contributed by atoms with E-state index in [1.165, 1.54) is 0 Å². The molecule has 10 nitrogen and oxygen atoms in total. The van der Waals surface area contributed by atoms with E-state index in [4.69, 9.17) is 14.9 Å². The number of aliphatic hydroxyl groups is 1. The Balaban J connectivity index is 5.47. The zero-order chi connectivity index (χ0) is 19.9. The number of carboxylic acids is 2. The predicted octanol–water partition coefficient (Wildman–Crippen LogP) is -0.00350. The molecule has 0 rings (SSSR count). The zero-order valence-electron chi connectivity index (χ0n) is 14.4. The van der Waals surface area contributed by atoms with E-state index >= 15 is 0 Å². The topological polar surface area (TPSA) is 167 Å². The number of alkyl carbamates (subject to hydrolysis) is 1. The highest BCUT2D eigenvalue weighted by Gasteiger charge is 2.42.